The smallest absolute Gasteiger partial charge is 0.303 e. The summed E-state index contributed by atoms with van der Waals surface area (Å²) in [6.45, 7) is 4.37. The number of carboxylic acids is 1. The molecule has 0 saturated carbocycles. The van der Waals surface area contributed by atoms with Gasteiger partial charge in [-0.15, -0.1) is 0 Å². The van der Waals surface area contributed by atoms with Crippen molar-refractivity contribution in [1.82, 2.24) is 0 Å². The number of rotatable bonds is 7. The minimum absolute atomic E-state index is 0.0145. The van der Waals surface area contributed by atoms with E-state index in [1.807, 2.05) is 13.8 Å². The number of carboxylic acid groups (broad SMARTS) is 1. The average Bonchev–Trinajstić information content (AvgIpc) is 2.31. The van der Waals surface area contributed by atoms with Gasteiger partial charge in [-0.25, -0.2) is 0 Å². The molecule has 19 heavy (non-hydrogen) atoms. The van der Waals surface area contributed by atoms with Gasteiger partial charge < -0.3 is 15.2 Å². The number of hydrogen-bond donors (Lipinski definition) is 2. The number of anilines is 1. The summed E-state index contributed by atoms with van der Waals surface area (Å²) in [6, 6.07) is 3.55. The van der Waals surface area contributed by atoms with Gasteiger partial charge >= 0.3 is 5.97 Å². The van der Waals surface area contributed by atoms with Crippen LogP contribution in [-0.2, 0) is 4.79 Å². The highest BCUT2D eigenvalue weighted by Crippen LogP contribution is 2.37. The second-order valence-electron chi connectivity index (χ2n) is 4.18. The van der Waals surface area contributed by atoms with Crippen LogP contribution in [0.1, 0.15) is 26.7 Å². The van der Waals surface area contributed by atoms with E-state index in [-0.39, 0.29) is 12.5 Å². The van der Waals surface area contributed by atoms with Crippen molar-refractivity contribution in [2.45, 2.75) is 32.7 Å². The van der Waals surface area contributed by atoms with Gasteiger partial charge in [0.15, 0.2) is 5.75 Å². The molecule has 1 aromatic rings. The molecule has 0 aromatic heterocycles. The zero-order chi connectivity index (χ0) is 14.4. The third kappa shape index (κ3) is 5.28. The number of benzene rings is 1. The van der Waals surface area contributed by atoms with E-state index in [0.717, 1.165) is 10.2 Å². The molecule has 2 N–H and O–H groups in total. The molecule has 0 fully saturated rings. The van der Waals surface area contributed by atoms with Crippen LogP contribution in [0.25, 0.3) is 0 Å². The van der Waals surface area contributed by atoms with Crippen LogP contribution in [0.5, 0.6) is 5.75 Å². The van der Waals surface area contributed by atoms with Crippen molar-refractivity contribution < 1.29 is 14.6 Å². The predicted octanol–water partition coefficient (Wildman–Crippen LogP) is 4.17. The van der Waals surface area contributed by atoms with Gasteiger partial charge in [-0.3, -0.25) is 4.79 Å². The van der Waals surface area contributed by atoms with Crippen LogP contribution in [0.4, 0.5) is 5.69 Å². The van der Waals surface area contributed by atoms with Gasteiger partial charge in [0.05, 0.1) is 16.8 Å². The van der Waals surface area contributed by atoms with Crippen molar-refractivity contribution in [2.75, 3.05) is 11.9 Å². The Hall–Kier alpha value is -0.940. The lowest BCUT2D eigenvalue weighted by atomic mass is 10.1. The van der Waals surface area contributed by atoms with Gasteiger partial charge in [-0.1, -0.05) is 11.6 Å². The van der Waals surface area contributed by atoms with E-state index in [1.54, 1.807) is 12.1 Å². The monoisotopic (exact) mass is 349 g/mol. The van der Waals surface area contributed by atoms with Crippen LogP contribution in [-0.4, -0.2) is 23.7 Å². The van der Waals surface area contributed by atoms with Crippen LogP contribution >= 0.6 is 27.5 Å². The first-order valence-corrected chi connectivity index (χ1v) is 7.21. The second kappa shape index (κ2) is 7.60. The molecule has 0 heterocycles. The molecule has 4 nitrogen and oxygen atoms in total. The Morgan fingerprint density at radius 3 is 2.84 bits per heavy atom. The highest BCUT2D eigenvalue weighted by Gasteiger charge is 2.13. The van der Waals surface area contributed by atoms with E-state index in [0.29, 0.717) is 23.8 Å². The fourth-order valence-electron chi connectivity index (χ4n) is 1.64. The maximum atomic E-state index is 10.6. The first kappa shape index (κ1) is 16.1. The van der Waals surface area contributed by atoms with E-state index in [4.69, 9.17) is 21.4 Å². The Kier molecular flexibility index (Phi) is 6.45. The maximum Gasteiger partial charge on any atom is 0.303 e. The molecule has 106 valence electrons. The van der Waals surface area contributed by atoms with E-state index < -0.39 is 5.97 Å². The van der Waals surface area contributed by atoms with Gasteiger partial charge in [-0.2, -0.15) is 0 Å². The van der Waals surface area contributed by atoms with E-state index in [9.17, 15) is 4.79 Å². The molecule has 6 heteroatoms. The summed E-state index contributed by atoms with van der Waals surface area (Å²) in [6.07, 6.45) is 0.658. The van der Waals surface area contributed by atoms with Crippen molar-refractivity contribution >= 4 is 39.2 Å². The average molecular weight is 351 g/mol. The van der Waals surface area contributed by atoms with Crippen molar-refractivity contribution in [1.29, 1.82) is 0 Å². The molecule has 0 saturated heterocycles. The first-order valence-electron chi connectivity index (χ1n) is 6.04. The maximum absolute atomic E-state index is 10.6. The number of aliphatic carboxylic acids is 1. The zero-order valence-corrected chi connectivity index (χ0v) is 13.2. The van der Waals surface area contributed by atoms with Crippen LogP contribution in [0.15, 0.2) is 16.6 Å². The normalized spacial score (nSPS) is 12.0. The molecular formula is C13H17BrClNO3. The van der Waals surface area contributed by atoms with E-state index in [1.165, 1.54) is 0 Å². The van der Waals surface area contributed by atoms with Crippen LogP contribution in [0.3, 0.4) is 0 Å². The molecule has 1 rings (SSSR count). The molecule has 1 aromatic carbocycles. The summed E-state index contributed by atoms with van der Waals surface area (Å²) >= 11 is 9.42. The Morgan fingerprint density at radius 1 is 1.58 bits per heavy atom. The van der Waals surface area contributed by atoms with Gasteiger partial charge in [-0.05, 0) is 48.3 Å². The topological polar surface area (TPSA) is 58.6 Å². The lowest BCUT2D eigenvalue weighted by molar-refractivity contribution is -0.137. The van der Waals surface area contributed by atoms with Crippen molar-refractivity contribution in [3.05, 3.63) is 21.6 Å². The highest BCUT2D eigenvalue weighted by atomic mass is 79.9. The highest BCUT2D eigenvalue weighted by molar-refractivity contribution is 9.10. The van der Waals surface area contributed by atoms with Crippen molar-refractivity contribution in [3.8, 4) is 5.75 Å². The summed E-state index contributed by atoms with van der Waals surface area (Å²) in [4.78, 5) is 10.6. The predicted molar refractivity (Wildman–Crippen MR) is 80.3 cm³/mol. The van der Waals surface area contributed by atoms with Crippen LogP contribution < -0.4 is 10.1 Å². The van der Waals surface area contributed by atoms with E-state index >= 15 is 0 Å². The second-order valence-corrected chi connectivity index (χ2v) is 5.47. The molecule has 0 aliphatic rings. The largest absolute Gasteiger partial charge is 0.491 e. The third-order valence-electron chi connectivity index (χ3n) is 2.49. The van der Waals surface area contributed by atoms with Crippen LogP contribution in [0, 0.1) is 0 Å². The third-order valence-corrected chi connectivity index (χ3v) is 3.30. The zero-order valence-electron chi connectivity index (χ0n) is 10.9. The standard InChI is InChI=1S/C13H17BrClNO3/c1-3-19-13-10(14)6-9(15)7-11(13)16-8(2)4-5-12(17)18/h6-8,16H,3-5H2,1-2H3,(H,17,18). The van der Waals surface area contributed by atoms with Crippen LogP contribution in [0.2, 0.25) is 5.02 Å². The number of nitrogens with one attached hydrogen (secondary N) is 1. The molecule has 0 bridgehead atoms. The molecule has 0 radical (unpaired) electrons. The fraction of sp³-hybridized carbons (Fsp3) is 0.462. The SMILES string of the molecule is CCOc1c(Br)cc(Cl)cc1NC(C)CCC(=O)O. The van der Waals surface area contributed by atoms with Crippen molar-refractivity contribution in [2.24, 2.45) is 0 Å². The summed E-state index contributed by atoms with van der Waals surface area (Å²) in [5.41, 5.74) is 0.763. The minimum Gasteiger partial charge on any atom is -0.491 e. The minimum atomic E-state index is -0.800. The number of ether oxygens (including phenoxy) is 1. The summed E-state index contributed by atoms with van der Waals surface area (Å²) in [7, 11) is 0. The molecule has 0 aliphatic heterocycles. The number of halogens is 2. The quantitative estimate of drug-likeness (QED) is 0.775. The Bertz CT molecular complexity index is 454. The lowest BCUT2D eigenvalue weighted by Crippen LogP contribution is -2.17. The Labute approximate surface area is 126 Å². The fourth-order valence-corrected chi connectivity index (χ4v) is 2.56. The lowest BCUT2D eigenvalue weighted by Gasteiger charge is -2.19. The molecule has 0 aliphatic carbocycles. The first-order chi connectivity index (χ1) is 8.93. The molecular weight excluding hydrogens is 334 g/mol. The van der Waals surface area contributed by atoms with Crippen molar-refractivity contribution in [3.63, 3.8) is 0 Å². The Morgan fingerprint density at radius 2 is 2.26 bits per heavy atom. The summed E-state index contributed by atoms with van der Waals surface area (Å²) < 4.78 is 6.34. The molecule has 0 amide bonds. The Balaban J connectivity index is 2.83. The summed E-state index contributed by atoms with van der Waals surface area (Å²) in [5.74, 6) is -0.111. The van der Waals surface area contributed by atoms with E-state index in [2.05, 4.69) is 21.2 Å². The molecule has 1 atom stereocenters. The van der Waals surface area contributed by atoms with Gasteiger partial charge in [0.25, 0.3) is 0 Å². The van der Waals surface area contributed by atoms with Gasteiger partial charge in [0.1, 0.15) is 0 Å². The van der Waals surface area contributed by atoms with Gasteiger partial charge in [0.2, 0.25) is 0 Å². The van der Waals surface area contributed by atoms with Gasteiger partial charge in [0, 0.05) is 17.5 Å². The summed E-state index contributed by atoms with van der Waals surface area (Å²) in [5, 5.41) is 12.5. The number of hydrogen-bond acceptors (Lipinski definition) is 3. The number of carbonyl (C=O) groups is 1. The molecule has 1 unspecified atom stereocenters. The molecule has 0 spiro atoms.